The number of halogens is 1. The fourth-order valence-corrected chi connectivity index (χ4v) is 4.85. The summed E-state index contributed by atoms with van der Waals surface area (Å²) in [6, 6.07) is 17.0. The van der Waals surface area contributed by atoms with Crippen molar-refractivity contribution in [2.75, 3.05) is 7.11 Å². The van der Waals surface area contributed by atoms with E-state index in [0.717, 1.165) is 5.39 Å². The van der Waals surface area contributed by atoms with Gasteiger partial charge in [-0.2, -0.15) is 0 Å². The molecular formula is C25H26FNO4P+. The van der Waals surface area contributed by atoms with Gasteiger partial charge in [-0.15, -0.1) is 4.52 Å². The molecule has 2 aromatic carbocycles. The molecule has 0 bridgehead atoms. The second kappa shape index (κ2) is 10.1. The average Bonchev–Trinajstić information content (AvgIpc) is 2.78. The highest BCUT2D eigenvalue weighted by Crippen LogP contribution is 2.51. The van der Waals surface area contributed by atoms with Gasteiger partial charge < -0.3 is 5.11 Å². The molecule has 0 fully saturated rings. The summed E-state index contributed by atoms with van der Waals surface area (Å²) < 4.78 is 31.9. The van der Waals surface area contributed by atoms with Crippen LogP contribution in [-0.4, -0.2) is 28.3 Å². The van der Waals surface area contributed by atoms with Gasteiger partial charge in [-0.25, -0.2) is 9.18 Å². The van der Waals surface area contributed by atoms with Gasteiger partial charge in [0.1, 0.15) is 5.82 Å². The summed E-state index contributed by atoms with van der Waals surface area (Å²) in [6.45, 7) is 3.82. The van der Waals surface area contributed by atoms with Crippen LogP contribution in [0.1, 0.15) is 31.0 Å². The van der Waals surface area contributed by atoms with Crippen LogP contribution in [0.5, 0.6) is 0 Å². The third kappa shape index (κ3) is 4.93. The van der Waals surface area contributed by atoms with Gasteiger partial charge in [0.2, 0.25) is 0 Å². The van der Waals surface area contributed by atoms with E-state index in [1.165, 1.54) is 25.3 Å². The van der Waals surface area contributed by atoms with E-state index in [9.17, 15) is 18.9 Å². The smallest absolute Gasteiger partial charge is 0.477 e. The molecule has 3 atom stereocenters. The molecule has 0 spiro atoms. The van der Waals surface area contributed by atoms with Crippen LogP contribution < -0.4 is 0 Å². The van der Waals surface area contributed by atoms with Gasteiger partial charge >= 0.3 is 19.2 Å². The molecule has 0 aliphatic carbocycles. The summed E-state index contributed by atoms with van der Waals surface area (Å²) in [5, 5.41) is 9.45. The molecule has 0 radical (unpaired) electrons. The fraction of sp³-hybridized carbons (Fsp3) is 0.280. The number of allylic oxidation sites excluding steroid dienone is 1. The Morgan fingerprint density at radius 2 is 1.84 bits per heavy atom. The number of aromatic nitrogens is 1. The summed E-state index contributed by atoms with van der Waals surface area (Å²) in [5.74, 6) is -2.45. The molecule has 32 heavy (non-hydrogen) atoms. The number of carboxylic acids is 1. The van der Waals surface area contributed by atoms with E-state index >= 15 is 0 Å². The molecule has 5 nitrogen and oxygen atoms in total. The quantitative estimate of drug-likeness (QED) is 0.311. The molecule has 0 saturated heterocycles. The number of para-hydroxylation sites is 1. The number of aliphatic carboxylic acids is 1. The summed E-state index contributed by atoms with van der Waals surface area (Å²) in [5.41, 5.74) is 1.88. The van der Waals surface area contributed by atoms with E-state index in [1.807, 2.05) is 44.2 Å². The molecule has 1 N–H and O–H groups in total. The van der Waals surface area contributed by atoms with Crippen molar-refractivity contribution in [3.63, 3.8) is 0 Å². The third-order valence-electron chi connectivity index (χ3n) is 5.41. The van der Waals surface area contributed by atoms with Crippen LogP contribution in [0.2, 0.25) is 0 Å². The lowest BCUT2D eigenvalue weighted by atomic mass is 9.82. The number of fused-ring (bicyclic) bond motifs is 1. The molecule has 1 heterocycles. The molecule has 3 unspecified atom stereocenters. The van der Waals surface area contributed by atoms with Crippen LogP contribution in [0.4, 0.5) is 4.39 Å². The molecule has 7 heteroatoms. The average molecular weight is 454 g/mol. The lowest BCUT2D eigenvalue weighted by Crippen LogP contribution is -2.41. The van der Waals surface area contributed by atoms with E-state index in [1.54, 1.807) is 24.3 Å². The van der Waals surface area contributed by atoms with Crippen LogP contribution in [0.25, 0.3) is 10.9 Å². The number of benzene rings is 2. The van der Waals surface area contributed by atoms with Crippen molar-refractivity contribution in [3.05, 3.63) is 89.9 Å². The normalized spacial score (nSPS) is 15.1. The number of carboxylic acid groups (broad SMARTS) is 1. The highest BCUT2D eigenvalue weighted by atomic mass is 31.1. The van der Waals surface area contributed by atoms with Crippen LogP contribution in [0.15, 0.2) is 72.8 Å². The van der Waals surface area contributed by atoms with Gasteiger partial charge in [-0.1, -0.05) is 56.3 Å². The minimum atomic E-state index is -2.66. The number of hydrogen-bond donors (Lipinski definition) is 1. The highest BCUT2D eigenvalue weighted by molar-refractivity contribution is 7.43. The standard InChI is InChI=1S/C25H25FNO4P/c1-17(2)14-15-25(24(28)29,32(30)31-3)21(16-18-8-11-20(26)12-9-18)23-13-10-19-6-4-5-7-22(19)27-23/h4-15,17,21H,16H2,1-3H3/p+1. The van der Waals surface area contributed by atoms with Gasteiger partial charge in [0, 0.05) is 5.39 Å². The Balaban J connectivity index is 2.26. The maximum atomic E-state index is 13.5. The minimum Gasteiger partial charge on any atom is -0.477 e. The largest absolute Gasteiger partial charge is 0.531 e. The monoisotopic (exact) mass is 454 g/mol. The molecule has 3 aromatic rings. The van der Waals surface area contributed by atoms with Gasteiger partial charge in [-0.05, 0) is 52.8 Å². The summed E-state index contributed by atoms with van der Waals surface area (Å²) in [4.78, 5) is 17.5. The fourth-order valence-electron chi connectivity index (χ4n) is 3.71. The van der Waals surface area contributed by atoms with Crippen molar-refractivity contribution in [1.82, 2.24) is 4.98 Å². The molecule has 0 aliphatic rings. The van der Waals surface area contributed by atoms with E-state index in [2.05, 4.69) is 0 Å². The van der Waals surface area contributed by atoms with Crippen molar-refractivity contribution < 1.29 is 23.4 Å². The van der Waals surface area contributed by atoms with Gasteiger partial charge in [0.05, 0.1) is 24.2 Å². The first-order valence-electron chi connectivity index (χ1n) is 10.3. The predicted octanol–water partition coefficient (Wildman–Crippen LogP) is 6.12. The van der Waals surface area contributed by atoms with Crippen molar-refractivity contribution in [2.24, 2.45) is 5.92 Å². The van der Waals surface area contributed by atoms with Crippen LogP contribution in [-0.2, 0) is 20.3 Å². The van der Waals surface area contributed by atoms with Crippen LogP contribution in [0, 0.1) is 11.7 Å². The Labute approximate surface area is 187 Å². The molecule has 166 valence electrons. The zero-order valence-corrected chi connectivity index (χ0v) is 19.1. The minimum absolute atomic E-state index is 0.0324. The first kappa shape index (κ1) is 23.7. The number of rotatable bonds is 9. The molecule has 0 saturated carbocycles. The Kier molecular flexibility index (Phi) is 7.49. The SMILES string of the molecule is CO[P+](=O)C(C=CC(C)C)(C(=O)O)C(Cc1ccc(F)cc1)c1ccc2ccccc2n1. The molecular weight excluding hydrogens is 428 g/mol. The van der Waals surface area contributed by atoms with E-state index in [0.29, 0.717) is 16.8 Å². The van der Waals surface area contributed by atoms with Crippen molar-refractivity contribution >= 4 is 24.9 Å². The van der Waals surface area contributed by atoms with E-state index in [4.69, 9.17) is 9.51 Å². The highest BCUT2D eigenvalue weighted by Gasteiger charge is 2.62. The maximum Gasteiger partial charge on any atom is 0.531 e. The first-order chi connectivity index (χ1) is 15.3. The Hall–Kier alpha value is -2.95. The predicted molar refractivity (Wildman–Crippen MR) is 124 cm³/mol. The van der Waals surface area contributed by atoms with Gasteiger partial charge in [-0.3, -0.25) is 4.98 Å². The Bertz CT molecular complexity index is 1150. The zero-order valence-electron chi connectivity index (χ0n) is 18.2. The lowest BCUT2D eigenvalue weighted by Gasteiger charge is -2.26. The summed E-state index contributed by atoms with van der Waals surface area (Å²) >= 11 is 0. The van der Waals surface area contributed by atoms with E-state index in [-0.39, 0.29) is 18.2 Å². The number of pyridine rings is 1. The number of hydrogen-bond acceptors (Lipinski definition) is 4. The molecule has 3 rings (SSSR count). The first-order valence-corrected chi connectivity index (χ1v) is 11.5. The Morgan fingerprint density at radius 1 is 1.16 bits per heavy atom. The summed E-state index contributed by atoms with van der Waals surface area (Å²) in [7, 11) is -1.42. The summed E-state index contributed by atoms with van der Waals surface area (Å²) in [6.07, 6.45) is 3.39. The number of carbonyl (C=O) groups is 1. The van der Waals surface area contributed by atoms with Crippen molar-refractivity contribution in [3.8, 4) is 0 Å². The Morgan fingerprint density at radius 3 is 2.47 bits per heavy atom. The van der Waals surface area contributed by atoms with Crippen molar-refractivity contribution in [1.29, 1.82) is 0 Å². The maximum absolute atomic E-state index is 13.5. The topological polar surface area (TPSA) is 76.5 Å². The van der Waals surface area contributed by atoms with Gasteiger partial charge in [0.25, 0.3) is 0 Å². The molecule has 0 aliphatic heterocycles. The van der Waals surface area contributed by atoms with Gasteiger partial charge in [0.15, 0.2) is 0 Å². The zero-order chi connectivity index (χ0) is 23.3. The van der Waals surface area contributed by atoms with Crippen LogP contribution in [0.3, 0.4) is 0 Å². The second-order valence-electron chi connectivity index (χ2n) is 7.99. The second-order valence-corrected chi connectivity index (χ2v) is 9.60. The number of nitrogens with zero attached hydrogens (tertiary/aromatic N) is 1. The van der Waals surface area contributed by atoms with Crippen LogP contribution >= 0.6 is 8.03 Å². The molecule has 0 amide bonds. The van der Waals surface area contributed by atoms with E-state index < -0.39 is 25.1 Å². The lowest BCUT2D eigenvalue weighted by molar-refractivity contribution is -0.139. The van der Waals surface area contributed by atoms with Crippen molar-refractivity contribution in [2.45, 2.75) is 31.3 Å². The third-order valence-corrected chi connectivity index (χ3v) is 6.99. The molecule has 1 aromatic heterocycles.